The van der Waals surface area contributed by atoms with E-state index in [2.05, 4.69) is 41.5 Å². The van der Waals surface area contributed by atoms with Gasteiger partial charge >= 0.3 is 5.97 Å². The Balaban J connectivity index is 2.01. The number of phenolic OH excluding ortho intramolecular Hbond substituents is 1. The summed E-state index contributed by atoms with van der Waals surface area (Å²) in [5, 5.41) is 10.0. The molecule has 0 bridgehead atoms. The average Bonchev–Trinajstić information content (AvgIpc) is 2.70. The van der Waals surface area contributed by atoms with E-state index in [1.54, 1.807) is 13.2 Å². The number of phenols is 1. The van der Waals surface area contributed by atoms with Gasteiger partial charge in [0, 0.05) is 6.42 Å². The Morgan fingerprint density at radius 1 is 1.00 bits per heavy atom. The molecule has 0 aromatic heterocycles. The molecule has 1 heterocycles. The molecule has 0 radical (unpaired) electrons. The van der Waals surface area contributed by atoms with Crippen molar-refractivity contribution in [3.05, 3.63) is 53.1 Å². The number of cyclic esters (lactones) is 1. The quantitative estimate of drug-likeness (QED) is 0.396. The van der Waals surface area contributed by atoms with Crippen molar-refractivity contribution in [3.63, 3.8) is 0 Å². The third-order valence-electron chi connectivity index (χ3n) is 6.54. The zero-order valence-electron chi connectivity index (χ0n) is 19.6. The summed E-state index contributed by atoms with van der Waals surface area (Å²) in [7, 11) is -0.544. The Morgan fingerprint density at radius 3 is 2.23 bits per heavy atom. The van der Waals surface area contributed by atoms with E-state index in [0.29, 0.717) is 34.5 Å². The van der Waals surface area contributed by atoms with Crippen LogP contribution in [0.4, 0.5) is 0 Å². The lowest BCUT2D eigenvalue weighted by Gasteiger charge is -2.42. The lowest BCUT2D eigenvalue weighted by Crippen LogP contribution is -2.50. The Morgan fingerprint density at radius 2 is 1.65 bits per heavy atom. The number of esters is 1. The first kappa shape index (κ1) is 23.2. The minimum atomic E-state index is -2.19. The van der Waals surface area contributed by atoms with E-state index in [9.17, 15) is 9.90 Å². The van der Waals surface area contributed by atoms with Crippen LogP contribution in [0.2, 0.25) is 16.6 Å². The summed E-state index contributed by atoms with van der Waals surface area (Å²) in [6, 6.07) is 10.9. The highest BCUT2D eigenvalue weighted by Gasteiger charge is 2.47. The van der Waals surface area contributed by atoms with Crippen LogP contribution in [-0.4, -0.2) is 26.5 Å². The lowest BCUT2D eigenvalue weighted by atomic mass is 9.94. The van der Waals surface area contributed by atoms with Crippen LogP contribution in [0.15, 0.2) is 36.4 Å². The van der Waals surface area contributed by atoms with Gasteiger partial charge in [0.25, 0.3) is 8.32 Å². The van der Waals surface area contributed by atoms with Crippen molar-refractivity contribution >= 4 is 14.3 Å². The molecule has 0 saturated carbocycles. The van der Waals surface area contributed by atoms with E-state index < -0.39 is 20.4 Å². The van der Waals surface area contributed by atoms with Crippen molar-refractivity contribution < 1.29 is 23.8 Å². The van der Waals surface area contributed by atoms with Crippen LogP contribution in [0.1, 0.15) is 69.1 Å². The molecule has 0 aliphatic carbocycles. The van der Waals surface area contributed by atoms with E-state index in [-0.39, 0.29) is 11.3 Å². The standard InChI is InChI=1S/C25H34O5Si/c1-15(2)31(16(3)4,17(5)6)30-23-13-18(11-12-21(23)28-7)22-14-19-9-8-10-20(26)24(19)25(27)29-22/h8-13,15-17,22,26H,14H2,1-7H3/t22-/m1/s1. The number of hydrogen-bond acceptors (Lipinski definition) is 5. The predicted octanol–water partition coefficient (Wildman–Crippen LogP) is 6.41. The third-order valence-corrected chi connectivity index (χ3v) is 12.5. The maximum absolute atomic E-state index is 12.6. The fraction of sp³-hybridized carbons (Fsp3) is 0.480. The normalized spacial score (nSPS) is 16.5. The molecule has 168 valence electrons. The summed E-state index contributed by atoms with van der Waals surface area (Å²) in [5.41, 5.74) is 3.16. The van der Waals surface area contributed by atoms with Crippen molar-refractivity contribution in [2.24, 2.45) is 0 Å². The molecule has 2 aromatic carbocycles. The smallest absolute Gasteiger partial charge is 0.342 e. The molecule has 0 fully saturated rings. The van der Waals surface area contributed by atoms with E-state index in [0.717, 1.165) is 11.1 Å². The number of hydrogen-bond donors (Lipinski definition) is 1. The summed E-state index contributed by atoms with van der Waals surface area (Å²) in [5.74, 6) is 0.850. The van der Waals surface area contributed by atoms with Crippen LogP contribution in [-0.2, 0) is 11.2 Å². The molecule has 1 aliphatic rings. The number of fused-ring (bicyclic) bond motifs is 1. The monoisotopic (exact) mass is 442 g/mol. The average molecular weight is 443 g/mol. The Kier molecular flexibility index (Phi) is 6.70. The van der Waals surface area contributed by atoms with Gasteiger partial charge in [-0.1, -0.05) is 59.7 Å². The highest BCUT2D eigenvalue weighted by Crippen LogP contribution is 2.46. The van der Waals surface area contributed by atoms with Crippen molar-refractivity contribution in [3.8, 4) is 17.2 Å². The number of methoxy groups -OCH3 is 1. The zero-order chi connectivity index (χ0) is 22.9. The van der Waals surface area contributed by atoms with Crippen molar-refractivity contribution in [1.29, 1.82) is 0 Å². The van der Waals surface area contributed by atoms with E-state index in [1.165, 1.54) is 6.07 Å². The molecule has 1 aliphatic heterocycles. The highest BCUT2D eigenvalue weighted by molar-refractivity contribution is 6.78. The van der Waals surface area contributed by atoms with Gasteiger partial charge in [-0.05, 0) is 45.9 Å². The number of rotatable bonds is 7. The summed E-state index contributed by atoms with van der Waals surface area (Å²) < 4.78 is 18.2. The molecule has 1 atom stereocenters. The molecule has 5 nitrogen and oxygen atoms in total. The molecule has 1 N–H and O–H groups in total. The number of carbonyl (C=O) groups is 1. The second-order valence-corrected chi connectivity index (χ2v) is 14.6. The van der Waals surface area contributed by atoms with E-state index in [1.807, 2.05) is 24.3 Å². The van der Waals surface area contributed by atoms with E-state index in [4.69, 9.17) is 13.9 Å². The minimum absolute atomic E-state index is 0.0405. The van der Waals surface area contributed by atoms with Crippen molar-refractivity contribution in [1.82, 2.24) is 0 Å². The van der Waals surface area contributed by atoms with E-state index >= 15 is 0 Å². The van der Waals surface area contributed by atoms with Gasteiger partial charge in [0.15, 0.2) is 5.75 Å². The molecule has 31 heavy (non-hydrogen) atoms. The number of ether oxygens (including phenoxy) is 2. The van der Waals surface area contributed by atoms with Gasteiger partial charge in [0.2, 0.25) is 0 Å². The van der Waals surface area contributed by atoms with Crippen molar-refractivity contribution in [2.45, 2.75) is 70.7 Å². The van der Waals surface area contributed by atoms with Gasteiger partial charge in [0.05, 0.1) is 7.11 Å². The molecule has 0 saturated heterocycles. The van der Waals surface area contributed by atoms with Gasteiger partial charge in [-0.15, -0.1) is 0 Å². The van der Waals surface area contributed by atoms with Crippen LogP contribution in [0.3, 0.4) is 0 Å². The maximum Gasteiger partial charge on any atom is 0.342 e. The molecule has 3 rings (SSSR count). The van der Waals surface area contributed by atoms with Crippen LogP contribution in [0, 0.1) is 0 Å². The highest BCUT2D eigenvalue weighted by atomic mass is 28.4. The molecule has 0 spiro atoms. The second kappa shape index (κ2) is 8.95. The fourth-order valence-electron chi connectivity index (χ4n) is 5.13. The lowest BCUT2D eigenvalue weighted by molar-refractivity contribution is 0.0248. The first-order chi connectivity index (χ1) is 14.6. The van der Waals surface area contributed by atoms with Gasteiger partial charge in [0.1, 0.15) is 23.2 Å². The number of carbonyl (C=O) groups excluding carboxylic acids is 1. The largest absolute Gasteiger partial charge is 0.540 e. The zero-order valence-corrected chi connectivity index (χ0v) is 20.6. The van der Waals surface area contributed by atoms with Gasteiger partial charge in [-0.3, -0.25) is 0 Å². The summed E-state index contributed by atoms with van der Waals surface area (Å²) >= 11 is 0. The minimum Gasteiger partial charge on any atom is -0.540 e. The Labute approximate surface area is 186 Å². The van der Waals surface area contributed by atoms with Crippen LogP contribution >= 0.6 is 0 Å². The topological polar surface area (TPSA) is 65.0 Å². The maximum atomic E-state index is 12.6. The summed E-state index contributed by atoms with van der Waals surface area (Å²) in [6.45, 7) is 13.5. The van der Waals surface area contributed by atoms with Crippen LogP contribution in [0.5, 0.6) is 17.2 Å². The predicted molar refractivity (Wildman–Crippen MR) is 125 cm³/mol. The van der Waals surface area contributed by atoms with Gasteiger partial charge in [-0.2, -0.15) is 0 Å². The third kappa shape index (κ3) is 4.18. The summed E-state index contributed by atoms with van der Waals surface area (Å²) in [4.78, 5) is 12.6. The van der Waals surface area contributed by atoms with Crippen LogP contribution < -0.4 is 9.16 Å². The van der Waals surface area contributed by atoms with Crippen LogP contribution in [0.25, 0.3) is 0 Å². The summed E-state index contributed by atoms with van der Waals surface area (Å²) in [6.07, 6.45) is 0.0609. The van der Waals surface area contributed by atoms with Crippen molar-refractivity contribution in [2.75, 3.05) is 7.11 Å². The molecular formula is C25H34O5Si. The molecular weight excluding hydrogens is 408 g/mol. The Bertz CT molecular complexity index is 929. The first-order valence-electron chi connectivity index (χ1n) is 11.0. The first-order valence-corrected chi connectivity index (χ1v) is 13.1. The number of aromatic hydroxyl groups is 1. The SMILES string of the molecule is COc1ccc([C@H]2Cc3cccc(O)c3C(=O)O2)cc1O[Si](C(C)C)(C(C)C)C(C)C. The number of benzene rings is 2. The Hall–Kier alpha value is -2.47. The molecule has 6 heteroatoms. The molecule has 0 amide bonds. The second-order valence-electron chi connectivity index (χ2n) is 9.24. The van der Waals surface area contributed by atoms with Gasteiger partial charge in [-0.25, -0.2) is 4.79 Å². The van der Waals surface area contributed by atoms with Gasteiger partial charge < -0.3 is 19.0 Å². The fourth-order valence-corrected chi connectivity index (χ4v) is 10.4. The molecule has 2 aromatic rings. The molecule has 0 unspecified atom stereocenters.